The van der Waals surface area contributed by atoms with E-state index in [1.807, 2.05) is 23.1 Å². The van der Waals surface area contributed by atoms with Crippen molar-refractivity contribution in [2.75, 3.05) is 51.3 Å². The molecule has 0 spiro atoms. The number of nitrogens with one attached hydrogen (secondary N) is 1. The number of carboxylic acids is 1. The topological polar surface area (TPSA) is 108 Å². The largest absolute Gasteiger partial charge is 0.495 e. The van der Waals surface area contributed by atoms with Gasteiger partial charge in [-0.25, -0.2) is 4.79 Å². The summed E-state index contributed by atoms with van der Waals surface area (Å²) in [5.41, 5.74) is 1.69. The number of amides is 1. The lowest BCUT2D eigenvalue weighted by atomic mass is 9.81. The summed E-state index contributed by atoms with van der Waals surface area (Å²) in [6, 6.07) is 9.45. The predicted molar refractivity (Wildman–Crippen MR) is 118 cm³/mol. The summed E-state index contributed by atoms with van der Waals surface area (Å²) in [4.78, 5) is 28.3. The molecule has 0 bridgehead atoms. The lowest BCUT2D eigenvalue weighted by Gasteiger charge is -2.38. The summed E-state index contributed by atoms with van der Waals surface area (Å²) in [6.45, 7) is 4.61. The molecule has 0 saturated carbocycles. The van der Waals surface area contributed by atoms with Gasteiger partial charge in [0.05, 0.1) is 18.5 Å². The molecule has 2 aliphatic heterocycles. The second kappa shape index (κ2) is 10.0. The van der Waals surface area contributed by atoms with Gasteiger partial charge in [-0.3, -0.25) is 4.79 Å². The first-order valence-electron chi connectivity index (χ1n) is 11.1. The first-order chi connectivity index (χ1) is 15.5. The lowest BCUT2D eigenvalue weighted by Crippen LogP contribution is -2.50. The summed E-state index contributed by atoms with van der Waals surface area (Å²) in [5, 5.41) is 16.3. The molecule has 9 nitrogen and oxygen atoms in total. The molecule has 3 heterocycles. The van der Waals surface area contributed by atoms with Gasteiger partial charge in [0.25, 0.3) is 0 Å². The third-order valence-electron chi connectivity index (χ3n) is 6.50. The number of piperazine rings is 1. The molecule has 2 atom stereocenters. The van der Waals surface area contributed by atoms with Crippen LogP contribution in [0.4, 0.5) is 5.69 Å². The van der Waals surface area contributed by atoms with Crippen LogP contribution in [-0.4, -0.2) is 73.4 Å². The fourth-order valence-electron chi connectivity index (χ4n) is 4.70. The maximum absolute atomic E-state index is 13.1. The van der Waals surface area contributed by atoms with Crippen LogP contribution in [0.2, 0.25) is 0 Å². The first kappa shape index (κ1) is 22.1. The van der Waals surface area contributed by atoms with Crippen LogP contribution in [0, 0.1) is 11.8 Å². The van der Waals surface area contributed by atoms with Crippen molar-refractivity contribution in [3.8, 4) is 5.75 Å². The number of aromatic carboxylic acids is 1. The van der Waals surface area contributed by atoms with Crippen LogP contribution >= 0.6 is 0 Å². The molecule has 32 heavy (non-hydrogen) atoms. The number of aromatic nitrogens is 1. The van der Waals surface area contributed by atoms with Gasteiger partial charge in [0.2, 0.25) is 11.7 Å². The molecule has 2 N–H and O–H groups in total. The van der Waals surface area contributed by atoms with Crippen molar-refractivity contribution < 1.29 is 24.0 Å². The number of piperidine rings is 1. The summed E-state index contributed by atoms with van der Waals surface area (Å²) in [6.07, 6.45) is 2.02. The van der Waals surface area contributed by atoms with Crippen LogP contribution in [0.1, 0.15) is 29.1 Å². The van der Waals surface area contributed by atoms with Crippen molar-refractivity contribution in [1.82, 2.24) is 15.4 Å². The summed E-state index contributed by atoms with van der Waals surface area (Å²) < 4.78 is 10.4. The standard InChI is InChI=1S/C23H30N4O5/c1-31-20-5-3-2-4-19(20)26-8-10-27(11-9-26)22(28)13-16-6-7-24-15-17(16)12-18-14-21(23(29)30)32-25-18/h2-5,14,16-17,24H,6-13,15H2,1H3,(H,29,30). The molecule has 1 aromatic heterocycles. The summed E-state index contributed by atoms with van der Waals surface area (Å²) >= 11 is 0. The molecule has 9 heteroatoms. The number of methoxy groups -OCH3 is 1. The van der Waals surface area contributed by atoms with Crippen LogP contribution in [-0.2, 0) is 11.2 Å². The van der Waals surface area contributed by atoms with E-state index in [4.69, 9.17) is 14.4 Å². The molecule has 0 radical (unpaired) electrons. The van der Waals surface area contributed by atoms with Gasteiger partial charge in [-0.15, -0.1) is 0 Å². The maximum atomic E-state index is 13.1. The molecule has 2 unspecified atom stereocenters. The predicted octanol–water partition coefficient (Wildman–Crippen LogP) is 1.89. The van der Waals surface area contributed by atoms with Gasteiger partial charge in [-0.05, 0) is 49.9 Å². The van der Waals surface area contributed by atoms with Gasteiger partial charge in [0.1, 0.15) is 5.75 Å². The highest BCUT2D eigenvalue weighted by molar-refractivity contribution is 5.84. The molecule has 2 aliphatic rings. The zero-order valence-corrected chi connectivity index (χ0v) is 18.3. The Kier molecular flexibility index (Phi) is 6.94. The number of rotatable bonds is 7. The number of para-hydroxylation sites is 2. The molecule has 1 aromatic carbocycles. The van der Waals surface area contributed by atoms with Gasteiger partial charge in [0, 0.05) is 38.7 Å². The quantitative estimate of drug-likeness (QED) is 0.669. The van der Waals surface area contributed by atoms with Gasteiger partial charge < -0.3 is 29.5 Å². The van der Waals surface area contributed by atoms with Crippen molar-refractivity contribution in [3.05, 3.63) is 41.8 Å². The van der Waals surface area contributed by atoms with E-state index in [-0.39, 0.29) is 23.5 Å². The first-order valence-corrected chi connectivity index (χ1v) is 11.1. The molecule has 2 fully saturated rings. The molecule has 2 aromatic rings. The number of hydrogen-bond donors (Lipinski definition) is 2. The van der Waals surface area contributed by atoms with Gasteiger partial charge in [0.15, 0.2) is 0 Å². The number of benzene rings is 1. The maximum Gasteiger partial charge on any atom is 0.374 e. The fourth-order valence-corrected chi connectivity index (χ4v) is 4.70. The molecule has 172 valence electrons. The number of carboxylic acid groups (broad SMARTS) is 1. The Morgan fingerprint density at radius 2 is 2.00 bits per heavy atom. The van der Waals surface area contributed by atoms with Crippen LogP contribution < -0.4 is 15.0 Å². The average Bonchev–Trinajstić information content (AvgIpc) is 3.29. The monoisotopic (exact) mass is 442 g/mol. The Bertz CT molecular complexity index is 938. The highest BCUT2D eigenvalue weighted by Gasteiger charge is 2.31. The van der Waals surface area contributed by atoms with Crippen molar-refractivity contribution in [2.45, 2.75) is 19.3 Å². The molecule has 2 saturated heterocycles. The van der Waals surface area contributed by atoms with Crippen LogP contribution in [0.3, 0.4) is 0 Å². The van der Waals surface area contributed by atoms with E-state index < -0.39 is 5.97 Å². The average molecular weight is 443 g/mol. The van der Waals surface area contributed by atoms with Crippen LogP contribution in [0.15, 0.2) is 34.9 Å². The smallest absolute Gasteiger partial charge is 0.374 e. The van der Waals surface area contributed by atoms with Crippen molar-refractivity contribution in [3.63, 3.8) is 0 Å². The lowest BCUT2D eigenvalue weighted by molar-refractivity contribution is -0.133. The number of nitrogens with zero attached hydrogens (tertiary/aromatic N) is 3. The Balaban J connectivity index is 1.32. The van der Waals surface area contributed by atoms with Gasteiger partial charge in [-0.2, -0.15) is 0 Å². The Morgan fingerprint density at radius 1 is 1.22 bits per heavy atom. The molecular weight excluding hydrogens is 412 g/mol. The zero-order chi connectivity index (χ0) is 22.5. The Labute approximate surface area is 187 Å². The number of anilines is 1. The number of ether oxygens (including phenoxy) is 1. The Hall–Kier alpha value is -3.07. The van der Waals surface area contributed by atoms with E-state index in [1.54, 1.807) is 7.11 Å². The third kappa shape index (κ3) is 5.04. The SMILES string of the molecule is COc1ccccc1N1CCN(C(=O)CC2CCNCC2Cc2cc(C(=O)O)on2)CC1. The second-order valence-electron chi connectivity index (χ2n) is 8.45. The highest BCUT2D eigenvalue weighted by Crippen LogP contribution is 2.30. The van der Waals surface area contributed by atoms with Crippen LogP contribution in [0.5, 0.6) is 5.75 Å². The van der Waals surface area contributed by atoms with Crippen molar-refractivity contribution in [1.29, 1.82) is 0 Å². The number of carbonyl (C=O) groups is 2. The van der Waals surface area contributed by atoms with E-state index >= 15 is 0 Å². The van der Waals surface area contributed by atoms with Gasteiger partial charge >= 0.3 is 5.97 Å². The van der Waals surface area contributed by atoms with E-state index in [1.165, 1.54) is 6.07 Å². The summed E-state index contributed by atoms with van der Waals surface area (Å²) in [7, 11) is 1.68. The normalized spacial score (nSPS) is 21.4. The van der Waals surface area contributed by atoms with Crippen LogP contribution in [0.25, 0.3) is 0 Å². The van der Waals surface area contributed by atoms with E-state index in [0.717, 1.165) is 44.0 Å². The van der Waals surface area contributed by atoms with E-state index in [0.29, 0.717) is 31.6 Å². The van der Waals surface area contributed by atoms with E-state index in [2.05, 4.69) is 21.4 Å². The van der Waals surface area contributed by atoms with Crippen molar-refractivity contribution >= 4 is 17.6 Å². The number of hydrogen-bond acceptors (Lipinski definition) is 7. The number of carbonyl (C=O) groups excluding carboxylic acids is 1. The van der Waals surface area contributed by atoms with Gasteiger partial charge in [-0.1, -0.05) is 17.3 Å². The second-order valence-corrected chi connectivity index (χ2v) is 8.45. The molecular formula is C23H30N4O5. The minimum absolute atomic E-state index is 0.149. The Morgan fingerprint density at radius 3 is 2.72 bits per heavy atom. The summed E-state index contributed by atoms with van der Waals surface area (Å²) in [5.74, 6) is 0.223. The highest BCUT2D eigenvalue weighted by atomic mass is 16.5. The zero-order valence-electron chi connectivity index (χ0n) is 18.3. The minimum atomic E-state index is -1.12. The fraction of sp³-hybridized carbons (Fsp3) is 0.522. The molecule has 0 aliphatic carbocycles. The minimum Gasteiger partial charge on any atom is -0.495 e. The molecule has 1 amide bonds. The molecule has 4 rings (SSSR count). The third-order valence-corrected chi connectivity index (χ3v) is 6.50. The van der Waals surface area contributed by atoms with E-state index in [9.17, 15) is 9.59 Å². The van der Waals surface area contributed by atoms with Crippen molar-refractivity contribution in [2.24, 2.45) is 11.8 Å².